The van der Waals surface area contributed by atoms with E-state index in [-0.39, 0.29) is 5.91 Å². The van der Waals surface area contributed by atoms with Crippen molar-refractivity contribution in [2.45, 2.75) is 6.92 Å². The zero-order chi connectivity index (χ0) is 19.3. The molecule has 1 aromatic carbocycles. The van der Waals surface area contributed by atoms with Crippen molar-refractivity contribution in [3.05, 3.63) is 72.3 Å². The minimum absolute atomic E-state index is 0.0406. The normalized spacial score (nSPS) is 14.6. The van der Waals surface area contributed by atoms with Gasteiger partial charge in [-0.1, -0.05) is 30.3 Å². The first kappa shape index (κ1) is 17.9. The maximum atomic E-state index is 12.4. The van der Waals surface area contributed by atoms with E-state index in [2.05, 4.69) is 20.0 Å². The molecule has 4 rings (SSSR count). The topological polar surface area (TPSA) is 67.2 Å². The van der Waals surface area contributed by atoms with Crippen LogP contribution in [0.15, 0.2) is 61.1 Å². The SMILES string of the molecule is Cc1ccn(-c2cc(N3CCN(C(=O)/C=C/c4ccccc4)CC3)ncn2)n1. The van der Waals surface area contributed by atoms with Gasteiger partial charge < -0.3 is 9.80 Å². The van der Waals surface area contributed by atoms with Crippen LogP contribution in [-0.2, 0) is 4.79 Å². The molecule has 7 heteroatoms. The molecule has 28 heavy (non-hydrogen) atoms. The van der Waals surface area contributed by atoms with Crippen LogP contribution in [0, 0.1) is 6.92 Å². The van der Waals surface area contributed by atoms with E-state index in [1.807, 2.05) is 66.6 Å². The Kier molecular flexibility index (Phi) is 5.14. The van der Waals surface area contributed by atoms with Crippen molar-refractivity contribution in [1.82, 2.24) is 24.6 Å². The summed E-state index contributed by atoms with van der Waals surface area (Å²) in [5.74, 6) is 1.63. The molecule has 0 bridgehead atoms. The van der Waals surface area contributed by atoms with Crippen LogP contribution in [0.25, 0.3) is 11.9 Å². The summed E-state index contributed by atoms with van der Waals surface area (Å²) in [5, 5.41) is 4.40. The van der Waals surface area contributed by atoms with E-state index in [0.29, 0.717) is 13.1 Å². The fourth-order valence-electron chi connectivity index (χ4n) is 3.17. The summed E-state index contributed by atoms with van der Waals surface area (Å²) in [5.41, 5.74) is 1.97. The second kappa shape index (κ2) is 8.04. The summed E-state index contributed by atoms with van der Waals surface area (Å²) in [6, 6.07) is 13.7. The van der Waals surface area contributed by atoms with E-state index in [9.17, 15) is 4.79 Å². The summed E-state index contributed by atoms with van der Waals surface area (Å²) < 4.78 is 1.74. The zero-order valence-corrected chi connectivity index (χ0v) is 15.8. The number of carbonyl (C=O) groups excluding carboxylic acids is 1. The van der Waals surface area contributed by atoms with Gasteiger partial charge in [0, 0.05) is 44.5 Å². The maximum Gasteiger partial charge on any atom is 0.246 e. The molecule has 1 aliphatic heterocycles. The molecular weight excluding hydrogens is 352 g/mol. The first-order chi connectivity index (χ1) is 13.7. The van der Waals surface area contributed by atoms with Crippen LogP contribution in [0.3, 0.4) is 0 Å². The summed E-state index contributed by atoms with van der Waals surface area (Å²) in [6.07, 6.45) is 6.95. The van der Waals surface area contributed by atoms with Crippen LogP contribution in [-0.4, -0.2) is 56.7 Å². The van der Waals surface area contributed by atoms with E-state index < -0.39 is 0 Å². The number of rotatable bonds is 4. The lowest BCUT2D eigenvalue weighted by Gasteiger charge is -2.34. The molecule has 0 radical (unpaired) electrons. The minimum atomic E-state index is 0.0406. The van der Waals surface area contributed by atoms with Gasteiger partial charge in [-0.05, 0) is 24.6 Å². The molecular formula is C21H22N6O. The number of amides is 1. The highest BCUT2D eigenvalue weighted by Gasteiger charge is 2.21. The van der Waals surface area contributed by atoms with Crippen molar-refractivity contribution in [2.75, 3.05) is 31.1 Å². The van der Waals surface area contributed by atoms with Crippen LogP contribution >= 0.6 is 0 Å². The Bertz CT molecular complexity index is 973. The van der Waals surface area contributed by atoms with Crippen molar-refractivity contribution < 1.29 is 4.79 Å². The molecule has 1 amide bonds. The Balaban J connectivity index is 1.38. The number of aryl methyl sites for hydroxylation is 1. The summed E-state index contributed by atoms with van der Waals surface area (Å²) in [6.45, 7) is 4.75. The van der Waals surface area contributed by atoms with E-state index in [4.69, 9.17) is 0 Å². The van der Waals surface area contributed by atoms with Crippen molar-refractivity contribution in [1.29, 1.82) is 0 Å². The molecule has 3 aromatic rings. The second-order valence-corrected chi connectivity index (χ2v) is 6.69. The number of hydrogen-bond donors (Lipinski definition) is 0. The first-order valence-corrected chi connectivity index (χ1v) is 9.31. The Morgan fingerprint density at radius 3 is 2.46 bits per heavy atom. The van der Waals surface area contributed by atoms with Crippen LogP contribution in [0.1, 0.15) is 11.3 Å². The monoisotopic (exact) mass is 374 g/mol. The fraction of sp³-hybridized carbons (Fsp3) is 0.238. The summed E-state index contributed by atoms with van der Waals surface area (Å²) in [4.78, 5) is 25.2. The Morgan fingerprint density at radius 1 is 1.00 bits per heavy atom. The number of anilines is 1. The van der Waals surface area contributed by atoms with Crippen molar-refractivity contribution in [3.8, 4) is 5.82 Å². The van der Waals surface area contributed by atoms with Gasteiger partial charge >= 0.3 is 0 Å². The highest BCUT2D eigenvalue weighted by Crippen LogP contribution is 2.16. The van der Waals surface area contributed by atoms with Gasteiger partial charge in [-0.2, -0.15) is 5.10 Å². The molecule has 1 saturated heterocycles. The highest BCUT2D eigenvalue weighted by atomic mass is 16.2. The van der Waals surface area contributed by atoms with Crippen LogP contribution in [0.2, 0.25) is 0 Å². The first-order valence-electron chi connectivity index (χ1n) is 9.31. The lowest BCUT2D eigenvalue weighted by atomic mass is 10.2. The molecule has 0 unspecified atom stereocenters. The largest absolute Gasteiger partial charge is 0.353 e. The lowest BCUT2D eigenvalue weighted by molar-refractivity contribution is -0.126. The standard InChI is InChI=1S/C21H22N6O/c1-17-9-10-27(24-17)20-15-19(22-16-23-20)25-11-13-26(14-12-25)21(28)8-7-18-5-3-2-4-6-18/h2-10,15-16H,11-14H2,1H3/b8-7+. The second-order valence-electron chi connectivity index (χ2n) is 6.69. The van der Waals surface area contributed by atoms with Gasteiger partial charge in [0.15, 0.2) is 5.82 Å². The lowest BCUT2D eigenvalue weighted by Crippen LogP contribution is -2.48. The minimum Gasteiger partial charge on any atom is -0.353 e. The van der Waals surface area contributed by atoms with Crippen molar-refractivity contribution in [3.63, 3.8) is 0 Å². The number of carbonyl (C=O) groups is 1. The summed E-state index contributed by atoms with van der Waals surface area (Å²) in [7, 11) is 0. The van der Waals surface area contributed by atoms with E-state index in [0.717, 1.165) is 36.0 Å². The number of hydrogen-bond acceptors (Lipinski definition) is 5. The Morgan fingerprint density at radius 2 is 1.75 bits per heavy atom. The van der Waals surface area contributed by atoms with Gasteiger partial charge in [-0.25, -0.2) is 14.6 Å². The summed E-state index contributed by atoms with van der Waals surface area (Å²) >= 11 is 0. The van der Waals surface area contributed by atoms with E-state index >= 15 is 0 Å². The Hall–Kier alpha value is -3.48. The van der Waals surface area contributed by atoms with Gasteiger partial charge in [0.2, 0.25) is 5.91 Å². The molecule has 0 N–H and O–H groups in total. The number of aromatic nitrogens is 4. The third kappa shape index (κ3) is 4.09. The van der Waals surface area contributed by atoms with Crippen LogP contribution in [0.5, 0.6) is 0 Å². The predicted octanol–water partition coefficient (Wildman–Crippen LogP) is 2.33. The molecule has 2 aromatic heterocycles. The molecule has 0 atom stereocenters. The average Bonchev–Trinajstić information content (AvgIpc) is 3.19. The van der Waals surface area contributed by atoms with Gasteiger partial charge in [0.1, 0.15) is 12.1 Å². The van der Waals surface area contributed by atoms with E-state index in [1.165, 1.54) is 0 Å². The van der Waals surface area contributed by atoms with Gasteiger partial charge in [-0.3, -0.25) is 4.79 Å². The molecule has 7 nitrogen and oxygen atoms in total. The average molecular weight is 374 g/mol. The third-order valence-electron chi connectivity index (χ3n) is 4.73. The molecule has 1 aliphatic rings. The Labute approximate surface area is 163 Å². The van der Waals surface area contributed by atoms with E-state index in [1.54, 1.807) is 17.1 Å². The number of nitrogens with zero attached hydrogens (tertiary/aromatic N) is 6. The number of benzene rings is 1. The van der Waals surface area contributed by atoms with Crippen molar-refractivity contribution in [2.24, 2.45) is 0 Å². The van der Waals surface area contributed by atoms with Gasteiger partial charge in [0.25, 0.3) is 0 Å². The van der Waals surface area contributed by atoms with Crippen LogP contribution in [0.4, 0.5) is 5.82 Å². The molecule has 3 heterocycles. The van der Waals surface area contributed by atoms with Gasteiger partial charge in [-0.15, -0.1) is 0 Å². The maximum absolute atomic E-state index is 12.4. The third-order valence-corrected chi connectivity index (χ3v) is 4.73. The molecule has 0 saturated carbocycles. The molecule has 0 spiro atoms. The smallest absolute Gasteiger partial charge is 0.246 e. The van der Waals surface area contributed by atoms with Crippen LogP contribution < -0.4 is 4.90 Å². The fourth-order valence-corrected chi connectivity index (χ4v) is 3.17. The molecule has 1 fully saturated rings. The van der Waals surface area contributed by atoms with Crippen molar-refractivity contribution >= 4 is 17.8 Å². The molecule has 0 aliphatic carbocycles. The number of piperazine rings is 1. The predicted molar refractivity (Wildman–Crippen MR) is 108 cm³/mol. The zero-order valence-electron chi connectivity index (χ0n) is 15.8. The quantitative estimate of drug-likeness (QED) is 0.656. The highest BCUT2D eigenvalue weighted by molar-refractivity contribution is 5.91. The molecule has 142 valence electrons. The van der Waals surface area contributed by atoms with Gasteiger partial charge in [0.05, 0.1) is 5.69 Å².